The number of terminal acetylenes is 1. The van der Waals surface area contributed by atoms with Crippen LogP contribution >= 0.6 is 11.6 Å². The number of rotatable bonds is 19. The summed E-state index contributed by atoms with van der Waals surface area (Å²) in [4.78, 5) is 37.5. The Labute approximate surface area is 267 Å². The van der Waals surface area contributed by atoms with Crippen LogP contribution in [0.15, 0.2) is 24.3 Å². The molecule has 45 heavy (non-hydrogen) atoms. The van der Waals surface area contributed by atoms with E-state index in [0.717, 1.165) is 25.7 Å². The molecule has 2 aliphatic rings. The van der Waals surface area contributed by atoms with Crippen LogP contribution in [-0.2, 0) is 30.2 Å². The van der Waals surface area contributed by atoms with E-state index in [-0.39, 0.29) is 19.6 Å². The number of aliphatic hydroxyl groups is 3. The molecule has 0 radical (unpaired) electrons. The van der Waals surface area contributed by atoms with E-state index in [9.17, 15) is 34.8 Å². The summed E-state index contributed by atoms with van der Waals surface area (Å²) in [5.74, 6) is -1.60. The molecule has 1 saturated heterocycles. The standard InChI is InChI=1S/C31H44ClN3O10/c1-2-13-43-14-5-3-4-6-15-44-31(29(40)41)17-23(36)26(35-30(42)34-18-21-7-8-21)28(45-31)27(39)24(37)19-33-25(38)16-20-9-11-22(32)12-10-20/h1,9-12,21,23-24,26-28,36-37,39H,3-8,13-19H2,(H,33,38)(H,40,41)(H2,34,35,42)/t23-,24+,26+,27+,28+,31+/m0/s1. The number of urea groups is 1. The molecule has 2 fully saturated rings. The van der Waals surface area contributed by atoms with Gasteiger partial charge in [-0.3, -0.25) is 4.79 Å². The quantitative estimate of drug-likeness (QED) is 0.0834. The number of nitrogens with one attached hydrogen (secondary N) is 3. The lowest BCUT2D eigenvalue weighted by Crippen LogP contribution is -2.69. The molecular weight excluding hydrogens is 610 g/mol. The van der Waals surface area contributed by atoms with Gasteiger partial charge in [0.05, 0.1) is 31.3 Å². The number of halogens is 1. The van der Waals surface area contributed by atoms with Crippen LogP contribution in [-0.4, -0.2) is 107 Å². The van der Waals surface area contributed by atoms with Crippen molar-refractivity contribution in [3.05, 3.63) is 34.9 Å². The number of aliphatic carboxylic acids is 1. The maximum Gasteiger partial charge on any atom is 0.364 e. The number of amides is 3. The van der Waals surface area contributed by atoms with Gasteiger partial charge >= 0.3 is 12.0 Å². The van der Waals surface area contributed by atoms with Crippen molar-refractivity contribution in [1.82, 2.24) is 16.0 Å². The van der Waals surface area contributed by atoms with Crippen LogP contribution in [0, 0.1) is 18.3 Å². The number of unbranched alkanes of at least 4 members (excludes halogenated alkanes) is 3. The van der Waals surface area contributed by atoms with Crippen molar-refractivity contribution in [3.63, 3.8) is 0 Å². The Morgan fingerprint density at radius 1 is 1.09 bits per heavy atom. The molecule has 1 aliphatic carbocycles. The number of aliphatic hydroxyl groups excluding tert-OH is 3. The zero-order valence-electron chi connectivity index (χ0n) is 25.2. The van der Waals surface area contributed by atoms with E-state index in [1.165, 1.54) is 0 Å². The van der Waals surface area contributed by atoms with Gasteiger partial charge in [-0.25, -0.2) is 9.59 Å². The minimum atomic E-state index is -2.36. The largest absolute Gasteiger partial charge is 0.477 e. The van der Waals surface area contributed by atoms with Gasteiger partial charge in [-0.15, -0.1) is 6.42 Å². The minimum Gasteiger partial charge on any atom is -0.477 e. The number of carboxylic acids is 1. The molecule has 1 saturated carbocycles. The maximum absolute atomic E-state index is 12.6. The van der Waals surface area contributed by atoms with E-state index < -0.39 is 67.1 Å². The molecule has 0 spiro atoms. The van der Waals surface area contributed by atoms with E-state index >= 15 is 0 Å². The summed E-state index contributed by atoms with van der Waals surface area (Å²) in [7, 11) is 0. The molecule has 250 valence electrons. The third-order valence-electron chi connectivity index (χ3n) is 7.67. The lowest BCUT2D eigenvalue weighted by Gasteiger charge is -2.46. The topological polar surface area (TPSA) is 196 Å². The van der Waals surface area contributed by atoms with Crippen molar-refractivity contribution >= 4 is 29.5 Å². The van der Waals surface area contributed by atoms with Crippen LogP contribution in [0.3, 0.4) is 0 Å². The average molecular weight is 654 g/mol. The molecule has 7 N–H and O–H groups in total. The normalized spacial score (nSPS) is 24.2. The van der Waals surface area contributed by atoms with Crippen LogP contribution in [0.5, 0.6) is 0 Å². The molecule has 3 rings (SSSR count). The molecule has 1 aliphatic heterocycles. The predicted molar refractivity (Wildman–Crippen MR) is 163 cm³/mol. The molecule has 13 nitrogen and oxygen atoms in total. The number of hydrogen-bond donors (Lipinski definition) is 7. The highest BCUT2D eigenvalue weighted by molar-refractivity contribution is 6.30. The summed E-state index contributed by atoms with van der Waals surface area (Å²) in [5.41, 5.74) is 0.674. The lowest BCUT2D eigenvalue weighted by atomic mass is 9.88. The first-order chi connectivity index (χ1) is 21.5. The van der Waals surface area contributed by atoms with E-state index in [1.54, 1.807) is 24.3 Å². The Bertz CT molecular complexity index is 1150. The summed E-state index contributed by atoms with van der Waals surface area (Å²) in [6.07, 6.45) is 2.65. The van der Waals surface area contributed by atoms with Crippen LogP contribution in [0.25, 0.3) is 0 Å². The Morgan fingerprint density at radius 2 is 1.78 bits per heavy atom. The second-order valence-corrected chi connectivity index (χ2v) is 11.9. The monoisotopic (exact) mass is 653 g/mol. The molecule has 1 heterocycles. The minimum absolute atomic E-state index is 0.0160. The van der Waals surface area contributed by atoms with Crippen molar-refractivity contribution in [2.24, 2.45) is 5.92 Å². The predicted octanol–water partition coefficient (Wildman–Crippen LogP) is 0.956. The Morgan fingerprint density at radius 3 is 2.42 bits per heavy atom. The SMILES string of the molecule is C#CCOCCCCCCO[C@]1(C(=O)O)C[C@H](O)[C@@H](NC(=O)NCC2CC2)[C@H]([C@H](O)[C@H](O)CNC(=O)Cc2ccc(Cl)cc2)O1. The summed E-state index contributed by atoms with van der Waals surface area (Å²) < 4.78 is 16.7. The van der Waals surface area contributed by atoms with Gasteiger partial charge in [0.1, 0.15) is 18.8 Å². The number of benzene rings is 1. The maximum atomic E-state index is 12.6. The van der Waals surface area contributed by atoms with E-state index in [1.807, 2.05) is 0 Å². The fraction of sp³-hybridized carbons (Fsp3) is 0.645. The molecule has 14 heteroatoms. The summed E-state index contributed by atoms with van der Waals surface area (Å²) in [6, 6.07) is 4.67. The second kappa shape index (κ2) is 18.3. The molecule has 0 unspecified atom stereocenters. The number of ether oxygens (including phenoxy) is 3. The second-order valence-electron chi connectivity index (χ2n) is 11.4. The molecule has 3 amide bonds. The van der Waals surface area contributed by atoms with E-state index in [2.05, 4.69) is 21.9 Å². The number of carboxylic acid groups (broad SMARTS) is 1. The number of hydrogen-bond acceptors (Lipinski definition) is 9. The first kappa shape index (κ1) is 36.5. The van der Waals surface area contributed by atoms with Crippen molar-refractivity contribution in [2.75, 3.05) is 32.9 Å². The smallest absolute Gasteiger partial charge is 0.364 e. The van der Waals surface area contributed by atoms with Gasteiger partial charge in [-0.1, -0.05) is 42.5 Å². The van der Waals surface area contributed by atoms with Crippen LogP contribution in [0.1, 0.15) is 50.5 Å². The zero-order valence-corrected chi connectivity index (χ0v) is 25.9. The van der Waals surface area contributed by atoms with Crippen LogP contribution in [0.2, 0.25) is 5.02 Å². The third-order valence-corrected chi connectivity index (χ3v) is 7.92. The third kappa shape index (κ3) is 12.1. The fourth-order valence-electron chi connectivity index (χ4n) is 4.91. The Hall–Kier alpha value is -2.96. The molecule has 0 aromatic heterocycles. The van der Waals surface area contributed by atoms with Crippen LogP contribution < -0.4 is 16.0 Å². The Kier molecular flexibility index (Phi) is 14.8. The molecule has 1 aromatic carbocycles. The highest BCUT2D eigenvalue weighted by Gasteiger charge is 2.55. The fourth-order valence-corrected chi connectivity index (χ4v) is 5.04. The lowest BCUT2D eigenvalue weighted by molar-refractivity contribution is -0.310. The van der Waals surface area contributed by atoms with Gasteiger partial charge in [-0.2, -0.15) is 0 Å². The van der Waals surface area contributed by atoms with Crippen LogP contribution in [0.4, 0.5) is 4.79 Å². The van der Waals surface area contributed by atoms with Gasteiger partial charge in [0.15, 0.2) is 0 Å². The summed E-state index contributed by atoms with van der Waals surface area (Å²) >= 11 is 5.88. The van der Waals surface area contributed by atoms with Gasteiger partial charge in [-0.05, 0) is 49.3 Å². The molecular formula is C31H44ClN3O10. The van der Waals surface area contributed by atoms with Crippen molar-refractivity contribution < 1.29 is 49.0 Å². The first-order valence-corrected chi connectivity index (χ1v) is 15.6. The Balaban J connectivity index is 1.64. The number of carbonyl (C=O) groups is 3. The van der Waals surface area contributed by atoms with Gasteiger partial charge in [0.2, 0.25) is 5.91 Å². The van der Waals surface area contributed by atoms with Crippen molar-refractivity contribution in [3.8, 4) is 12.3 Å². The zero-order chi connectivity index (χ0) is 32.8. The summed E-state index contributed by atoms with van der Waals surface area (Å²) in [5, 5.41) is 51.4. The first-order valence-electron chi connectivity index (χ1n) is 15.2. The van der Waals surface area contributed by atoms with E-state index in [0.29, 0.717) is 42.5 Å². The molecule has 6 atom stereocenters. The van der Waals surface area contributed by atoms with Crippen molar-refractivity contribution in [2.45, 2.75) is 87.6 Å². The van der Waals surface area contributed by atoms with Crippen molar-refractivity contribution in [1.29, 1.82) is 0 Å². The molecule has 0 bridgehead atoms. The average Bonchev–Trinajstić information content (AvgIpc) is 3.84. The number of carbonyl (C=O) groups excluding carboxylic acids is 2. The highest BCUT2D eigenvalue weighted by Crippen LogP contribution is 2.34. The highest BCUT2D eigenvalue weighted by atomic mass is 35.5. The summed E-state index contributed by atoms with van der Waals surface area (Å²) in [6.45, 7) is 0.709. The van der Waals surface area contributed by atoms with Gasteiger partial charge < -0.3 is 50.6 Å². The van der Waals surface area contributed by atoms with E-state index in [4.69, 9.17) is 32.2 Å². The van der Waals surface area contributed by atoms with Gasteiger partial charge in [0, 0.05) is 31.1 Å². The van der Waals surface area contributed by atoms with Gasteiger partial charge in [0.25, 0.3) is 5.79 Å². The molecule has 1 aromatic rings.